The Morgan fingerprint density at radius 1 is 1.26 bits per heavy atom. The summed E-state index contributed by atoms with van der Waals surface area (Å²) in [6.07, 6.45) is 0. The van der Waals surface area contributed by atoms with Crippen LogP contribution in [0.3, 0.4) is 0 Å². The normalized spacial score (nSPS) is 13.8. The van der Waals surface area contributed by atoms with Crippen molar-refractivity contribution < 1.29 is 9.59 Å². The van der Waals surface area contributed by atoms with Crippen molar-refractivity contribution in [3.63, 3.8) is 0 Å². The summed E-state index contributed by atoms with van der Waals surface area (Å²) >= 11 is 1.42. The lowest BCUT2D eigenvalue weighted by molar-refractivity contribution is -0.131. The van der Waals surface area contributed by atoms with Crippen LogP contribution in [0.2, 0.25) is 0 Å². The van der Waals surface area contributed by atoms with Crippen molar-refractivity contribution in [1.82, 2.24) is 14.5 Å². The molecule has 142 valence electrons. The average Bonchev–Trinajstić information content (AvgIpc) is 3.04. The van der Waals surface area contributed by atoms with Gasteiger partial charge in [0.1, 0.15) is 12.4 Å². The fourth-order valence-corrected chi connectivity index (χ4v) is 3.66. The van der Waals surface area contributed by atoms with Gasteiger partial charge >= 0.3 is 5.69 Å². The molecule has 1 aromatic heterocycles. The zero-order chi connectivity index (χ0) is 19.6. The van der Waals surface area contributed by atoms with E-state index in [-0.39, 0.29) is 30.5 Å². The number of carbonyl (C=O) groups excluding carboxylic acids is 2. The number of nitrogens with two attached hydrogens (primary N) is 1. The van der Waals surface area contributed by atoms with Gasteiger partial charge in [0.15, 0.2) is 5.69 Å². The number of benzene rings is 1. The van der Waals surface area contributed by atoms with Crippen LogP contribution in [-0.2, 0) is 16.1 Å². The molecular formula is C17H19N5O4S. The third-order valence-electron chi connectivity index (χ3n) is 4.26. The monoisotopic (exact) mass is 389 g/mol. The summed E-state index contributed by atoms with van der Waals surface area (Å²) in [4.78, 5) is 53.4. The fraction of sp³-hybridized carbons (Fsp3) is 0.294. The van der Waals surface area contributed by atoms with Gasteiger partial charge in [0.05, 0.1) is 18.2 Å². The van der Waals surface area contributed by atoms with Crippen molar-refractivity contribution in [2.75, 3.05) is 35.9 Å². The number of carbonyl (C=O) groups is 2. The molecule has 27 heavy (non-hydrogen) atoms. The predicted octanol–water partition coefficient (Wildman–Crippen LogP) is -0.337. The molecule has 0 bridgehead atoms. The molecule has 1 fully saturated rings. The molecule has 9 nitrogen and oxygen atoms in total. The molecule has 1 aromatic carbocycles. The van der Waals surface area contributed by atoms with Crippen molar-refractivity contribution in [1.29, 1.82) is 0 Å². The molecule has 2 aromatic rings. The molecule has 0 radical (unpaired) electrons. The third kappa shape index (κ3) is 3.90. The first-order valence-corrected chi connectivity index (χ1v) is 9.32. The lowest BCUT2D eigenvalue weighted by Crippen LogP contribution is -2.43. The van der Waals surface area contributed by atoms with E-state index in [1.54, 1.807) is 0 Å². The van der Waals surface area contributed by atoms with Gasteiger partial charge in [-0.1, -0.05) is 30.3 Å². The molecule has 2 heterocycles. The minimum absolute atomic E-state index is 0.106. The summed E-state index contributed by atoms with van der Waals surface area (Å²) in [7, 11) is 1.40. The largest absolute Gasteiger partial charge is 0.383 e. The number of nitrogen functional groups attached to an aromatic ring is 1. The SMILES string of the molecule is CN(C(=O)CN1CSCC1=O)c1c(N)n(Cc2ccccc2)c(=O)[nH]c1=O. The zero-order valence-corrected chi connectivity index (χ0v) is 15.5. The van der Waals surface area contributed by atoms with E-state index in [0.29, 0.717) is 11.6 Å². The molecule has 1 aliphatic heterocycles. The minimum atomic E-state index is -0.750. The van der Waals surface area contributed by atoms with Crippen LogP contribution in [0, 0.1) is 0 Å². The van der Waals surface area contributed by atoms with Crippen molar-refractivity contribution in [2.45, 2.75) is 6.54 Å². The van der Waals surface area contributed by atoms with E-state index in [1.807, 2.05) is 30.3 Å². The number of anilines is 2. The van der Waals surface area contributed by atoms with Crippen LogP contribution in [0.4, 0.5) is 11.5 Å². The number of rotatable bonds is 5. The standard InChI is InChI=1S/C17H19N5O4S/c1-20(12(23)8-21-10-27-9-13(21)24)14-15(18)22(17(26)19-16(14)25)7-11-5-3-2-4-6-11/h2-6H,7-10,18H2,1H3,(H,19,25,26). The van der Waals surface area contributed by atoms with E-state index in [1.165, 1.54) is 28.3 Å². The van der Waals surface area contributed by atoms with Crippen LogP contribution in [0.1, 0.15) is 5.56 Å². The molecule has 0 aliphatic carbocycles. The first-order valence-electron chi connectivity index (χ1n) is 8.17. The van der Waals surface area contributed by atoms with E-state index in [4.69, 9.17) is 5.73 Å². The lowest BCUT2D eigenvalue weighted by Gasteiger charge is -2.23. The van der Waals surface area contributed by atoms with Gasteiger partial charge < -0.3 is 15.5 Å². The lowest BCUT2D eigenvalue weighted by atomic mass is 10.2. The summed E-state index contributed by atoms with van der Waals surface area (Å²) in [6, 6.07) is 9.14. The highest BCUT2D eigenvalue weighted by Gasteiger charge is 2.27. The number of nitrogens with zero attached hydrogens (tertiary/aromatic N) is 3. The Bertz CT molecular complexity index is 985. The maximum atomic E-state index is 12.5. The summed E-state index contributed by atoms with van der Waals surface area (Å²) in [5, 5.41) is 0. The molecule has 0 atom stereocenters. The topological polar surface area (TPSA) is 121 Å². The minimum Gasteiger partial charge on any atom is -0.383 e. The Kier molecular flexibility index (Phi) is 5.36. The summed E-state index contributed by atoms with van der Waals surface area (Å²) in [5.41, 5.74) is 5.37. The molecule has 0 saturated carbocycles. The molecule has 3 rings (SSSR count). The summed E-state index contributed by atoms with van der Waals surface area (Å²) < 4.78 is 1.20. The van der Waals surface area contributed by atoms with Gasteiger partial charge in [-0.15, -0.1) is 11.8 Å². The maximum Gasteiger partial charge on any atom is 0.330 e. The van der Waals surface area contributed by atoms with Crippen LogP contribution in [0.5, 0.6) is 0 Å². The van der Waals surface area contributed by atoms with Gasteiger partial charge in [-0.05, 0) is 5.56 Å². The first kappa shape index (κ1) is 18.8. The van der Waals surface area contributed by atoms with Crippen molar-refractivity contribution >= 4 is 35.1 Å². The van der Waals surface area contributed by atoms with Crippen LogP contribution in [0.25, 0.3) is 0 Å². The molecule has 0 unspecified atom stereocenters. The first-order chi connectivity index (χ1) is 12.9. The van der Waals surface area contributed by atoms with Gasteiger partial charge in [-0.2, -0.15) is 0 Å². The van der Waals surface area contributed by atoms with E-state index < -0.39 is 17.2 Å². The third-order valence-corrected chi connectivity index (χ3v) is 5.20. The smallest absolute Gasteiger partial charge is 0.330 e. The Labute approximate surface area is 158 Å². The Hall–Kier alpha value is -3.01. The highest BCUT2D eigenvalue weighted by atomic mass is 32.2. The molecule has 2 amide bonds. The summed E-state index contributed by atoms with van der Waals surface area (Å²) in [5.74, 6) is 0.0654. The van der Waals surface area contributed by atoms with Gasteiger partial charge in [0.2, 0.25) is 11.8 Å². The van der Waals surface area contributed by atoms with Gasteiger partial charge in [0, 0.05) is 7.05 Å². The zero-order valence-electron chi connectivity index (χ0n) is 14.7. The number of aromatic nitrogens is 2. The average molecular weight is 389 g/mol. The number of nitrogens with one attached hydrogen (secondary N) is 1. The van der Waals surface area contributed by atoms with Crippen LogP contribution >= 0.6 is 11.8 Å². The highest BCUT2D eigenvalue weighted by Crippen LogP contribution is 2.18. The molecular weight excluding hydrogens is 370 g/mol. The van der Waals surface area contributed by atoms with Crippen LogP contribution < -0.4 is 21.9 Å². The highest BCUT2D eigenvalue weighted by molar-refractivity contribution is 8.00. The van der Waals surface area contributed by atoms with Crippen LogP contribution in [-0.4, -0.2) is 51.5 Å². The Morgan fingerprint density at radius 3 is 2.59 bits per heavy atom. The second kappa shape index (κ2) is 7.70. The quantitative estimate of drug-likeness (QED) is 0.722. The van der Waals surface area contributed by atoms with E-state index in [9.17, 15) is 19.2 Å². The number of likely N-dealkylation sites (N-methyl/N-ethyl adjacent to an activating group) is 1. The molecule has 1 saturated heterocycles. The van der Waals surface area contributed by atoms with Gasteiger partial charge in [-0.3, -0.25) is 23.9 Å². The van der Waals surface area contributed by atoms with E-state index in [2.05, 4.69) is 4.98 Å². The number of thioether (sulfide) groups is 1. The number of aromatic amines is 1. The Morgan fingerprint density at radius 2 is 1.96 bits per heavy atom. The molecule has 10 heteroatoms. The second-order valence-electron chi connectivity index (χ2n) is 6.09. The fourth-order valence-electron chi connectivity index (χ4n) is 2.76. The molecule has 3 N–H and O–H groups in total. The molecule has 0 spiro atoms. The van der Waals surface area contributed by atoms with Crippen molar-refractivity contribution in [3.8, 4) is 0 Å². The maximum absolute atomic E-state index is 12.5. The Balaban J connectivity index is 1.91. The molecule has 1 aliphatic rings. The van der Waals surface area contributed by atoms with Gasteiger partial charge in [-0.25, -0.2) is 4.79 Å². The van der Waals surface area contributed by atoms with Crippen molar-refractivity contribution in [2.24, 2.45) is 0 Å². The van der Waals surface area contributed by atoms with E-state index in [0.717, 1.165) is 10.5 Å². The van der Waals surface area contributed by atoms with Gasteiger partial charge in [0.25, 0.3) is 5.56 Å². The van der Waals surface area contributed by atoms with Crippen LogP contribution in [0.15, 0.2) is 39.9 Å². The number of amides is 2. The summed E-state index contributed by atoms with van der Waals surface area (Å²) in [6.45, 7) is -0.00239. The van der Waals surface area contributed by atoms with E-state index >= 15 is 0 Å². The number of H-pyrrole nitrogens is 1. The predicted molar refractivity (Wildman–Crippen MR) is 104 cm³/mol. The second-order valence-corrected chi connectivity index (χ2v) is 7.04. The number of hydrogen-bond donors (Lipinski definition) is 2. The number of hydrogen-bond acceptors (Lipinski definition) is 6. The van der Waals surface area contributed by atoms with Crippen molar-refractivity contribution in [3.05, 3.63) is 56.7 Å².